The third-order valence-electron chi connectivity index (χ3n) is 6.47. The van der Waals surface area contributed by atoms with Gasteiger partial charge in [0.1, 0.15) is 30.3 Å². The highest BCUT2D eigenvalue weighted by atomic mass is 19.1. The van der Waals surface area contributed by atoms with Gasteiger partial charge < -0.3 is 20.1 Å². The van der Waals surface area contributed by atoms with E-state index in [1.165, 1.54) is 24.5 Å². The van der Waals surface area contributed by atoms with E-state index >= 15 is 0 Å². The molecule has 3 heterocycles. The summed E-state index contributed by atoms with van der Waals surface area (Å²) >= 11 is 0. The largest absolute Gasteiger partial charge is 0.493 e. The fraction of sp³-hybridized carbons (Fsp3) is 0.259. The number of nitrogens with zero attached hydrogens (tertiary/aromatic N) is 5. The maximum atomic E-state index is 13.5. The van der Waals surface area contributed by atoms with Crippen molar-refractivity contribution in [1.82, 2.24) is 24.6 Å². The number of fused-ring (bicyclic) bond motifs is 1. The smallest absolute Gasteiger partial charge is 0.246 e. The summed E-state index contributed by atoms with van der Waals surface area (Å²) in [7, 11) is 1.55. The molecule has 1 atom stereocenters. The Morgan fingerprint density at radius 1 is 1.24 bits per heavy atom. The molecule has 0 bridgehead atoms. The van der Waals surface area contributed by atoms with Gasteiger partial charge in [-0.3, -0.25) is 4.79 Å². The van der Waals surface area contributed by atoms with Crippen molar-refractivity contribution in [3.8, 4) is 22.8 Å². The van der Waals surface area contributed by atoms with Crippen LogP contribution >= 0.6 is 0 Å². The Kier molecular flexibility index (Phi) is 6.72. The molecule has 1 amide bonds. The van der Waals surface area contributed by atoms with Crippen molar-refractivity contribution in [3.63, 3.8) is 0 Å². The molecule has 5 rings (SSSR count). The molecule has 1 aliphatic heterocycles. The first-order valence-corrected chi connectivity index (χ1v) is 11.9. The fourth-order valence-electron chi connectivity index (χ4n) is 4.66. The number of likely N-dealkylation sites (tertiary alicyclic amines) is 1. The van der Waals surface area contributed by atoms with Gasteiger partial charge in [0.05, 0.1) is 18.5 Å². The minimum Gasteiger partial charge on any atom is -0.493 e. The number of halogens is 1. The summed E-state index contributed by atoms with van der Waals surface area (Å²) in [6, 6.07) is 11.6. The quantitative estimate of drug-likeness (QED) is 0.378. The topological polar surface area (TPSA) is 108 Å². The van der Waals surface area contributed by atoms with Gasteiger partial charge in [-0.25, -0.2) is 19.0 Å². The Labute approximate surface area is 213 Å². The van der Waals surface area contributed by atoms with Crippen LogP contribution in [0.25, 0.3) is 22.3 Å². The Bertz CT molecular complexity index is 1470. The first-order valence-electron chi connectivity index (χ1n) is 11.9. The second-order valence-corrected chi connectivity index (χ2v) is 8.82. The standard InChI is InChI=1S/C27H27FN6O3/c1-3-23(35)33-11-5-8-20(14-33)34-27-24(26(29)30-16-31-27)25(32-34)18-9-10-21(22(13-18)36-2)37-15-17-6-4-7-19(28)12-17/h3-4,6-7,9-10,12-13,16,20H,1,5,8,11,14-15H2,2H3,(H2,29,30,31). The van der Waals surface area contributed by atoms with E-state index in [-0.39, 0.29) is 24.4 Å². The molecule has 0 spiro atoms. The fourth-order valence-corrected chi connectivity index (χ4v) is 4.66. The summed E-state index contributed by atoms with van der Waals surface area (Å²) in [6.07, 6.45) is 4.43. The van der Waals surface area contributed by atoms with Crippen molar-refractivity contribution in [2.75, 3.05) is 25.9 Å². The van der Waals surface area contributed by atoms with Crippen molar-refractivity contribution in [2.45, 2.75) is 25.5 Å². The van der Waals surface area contributed by atoms with E-state index in [1.807, 2.05) is 16.8 Å². The van der Waals surface area contributed by atoms with Crippen LogP contribution in [0.4, 0.5) is 10.2 Å². The second-order valence-electron chi connectivity index (χ2n) is 8.82. The summed E-state index contributed by atoms with van der Waals surface area (Å²) in [5, 5.41) is 5.53. The molecule has 1 unspecified atom stereocenters. The molecule has 37 heavy (non-hydrogen) atoms. The van der Waals surface area contributed by atoms with Gasteiger partial charge in [0.15, 0.2) is 17.1 Å². The normalized spacial score (nSPS) is 15.5. The molecule has 2 aromatic carbocycles. The minimum atomic E-state index is -0.319. The number of hydrogen-bond acceptors (Lipinski definition) is 7. The summed E-state index contributed by atoms with van der Waals surface area (Å²) in [5.74, 6) is 0.892. The van der Waals surface area contributed by atoms with E-state index in [4.69, 9.17) is 20.3 Å². The molecule has 1 aliphatic rings. The SMILES string of the molecule is C=CC(=O)N1CCCC(n2nc(-c3ccc(OCc4cccc(F)c4)c(OC)c3)c3c(N)ncnc32)C1. The molecule has 2 aromatic heterocycles. The number of hydrogen-bond donors (Lipinski definition) is 1. The van der Waals surface area contributed by atoms with E-state index in [9.17, 15) is 9.18 Å². The molecule has 9 nitrogen and oxygen atoms in total. The zero-order valence-electron chi connectivity index (χ0n) is 20.4. The van der Waals surface area contributed by atoms with Crippen LogP contribution in [0.2, 0.25) is 0 Å². The number of carbonyl (C=O) groups excluding carboxylic acids is 1. The van der Waals surface area contributed by atoms with Gasteiger partial charge in [-0.1, -0.05) is 18.7 Å². The lowest BCUT2D eigenvalue weighted by Gasteiger charge is -2.32. The first kappa shape index (κ1) is 24.2. The Balaban J connectivity index is 1.49. The van der Waals surface area contributed by atoms with Crippen LogP contribution in [0.5, 0.6) is 11.5 Å². The molecule has 1 saturated heterocycles. The number of methoxy groups -OCH3 is 1. The molecule has 1 fully saturated rings. The monoisotopic (exact) mass is 502 g/mol. The van der Waals surface area contributed by atoms with Crippen LogP contribution < -0.4 is 15.2 Å². The van der Waals surface area contributed by atoms with E-state index in [0.29, 0.717) is 52.7 Å². The molecule has 4 aromatic rings. The number of ether oxygens (including phenoxy) is 2. The number of anilines is 1. The van der Waals surface area contributed by atoms with E-state index in [1.54, 1.807) is 30.2 Å². The third-order valence-corrected chi connectivity index (χ3v) is 6.47. The highest BCUT2D eigenvalue weighted by Gasteiger charge is 2.28. The number of rotatable bonds is 7. The van der Waals surface area contributed by atoms with Crippen molar-refractivity contribution in [2.24, 2.45) is 0 Å². The molecule has 190 valence electrons. The maximum Gasteiger partial charge on any atom is 0.246 e. The summed E-state index contributed by atoms with van der Waals surface area (Å²) in [4.78, 5) is 22.7. The van der Waals surface area contributed by atoms with Crippen LogP contribution in [0.15, 0.2) is 61.4 Å². The van der Waals surface area contributed by atoms with Gasteiger partial charge in [-0.2, -0.15) is 5.10 Å². The molecule has 10 heteroatoms. The van der Waals surface area contributed by atoms with Crippen molar-refractivity contribution >= 4 is 22.8 Å². The van der Waals surface area contributed by atoms with Crippen LogP contribution in [0.1, 0.15) is 24.4 Å². The lowest BCUT2D eigenvalue weighted by Crippen LogP contribution is -2.40. The number of nitrogen functional groups attached to an aromatic ring is 1. The number of carbonyl (C=O) groups is 1. The lowest BCUT2D eigenvalue weighted by molar-refractivity contribution is -0.127. The maximum absolute atomic E-state index is 13.5. The second kappa shape index (κ2) is 10.3. The molecular formula is C27H27FN6O3. The Morgan fingerprint density at radius 2 is 2.11 bits per heavy atom. The zero-order valence-corrected chi connectivity index (χ0v) is 20.4. The van der Waals surface area contributed by atoms with Gasteiger partial charge in [0.2, 0.25) is 5.91 Å². The van der Waals surface area contributed by atoms with Gasteiger partial charge in [0, 0.05) is 18.7 Å². The van der Waals surface area contributed by atoms with Crippen molar-refractivity contribution in [3.05, 3.63) is 72.8 Å². The van der Waals surface area contributed by atoms with Crippen LogP contribution in [-0.2, 0) is 11.4 Å². The number of amides is 1. The van der Waals surface area contributed by atoms with Crippen LogP contribution in [0, 0.1) is 5.82 Å². The molecule has 0 radical (unpaired) electrons. The summed E-state index contributed by atoms with van der Waals surface area (Å²) in [6.45, 7) is 4.98. The minimum absolute atomic E-state index is 0.0704. The zero-order chi connectivity index (χ0) is 25.9. The number of piperidine rings is 1. The average molecular weight is 503 g/mol. The van der Waals surface area contributed by atoms with Crippen LogP contribution in [-0.4, -0.2) is 50.8 Å². The van der Waals surface area contributed by atoms with Gasteiger partial charge >= 0.3 is 0 Å². The van der Waals surface area contributed by atoms with Gasteiger partial charge in [-0.05, 0) is 54.8 Å². The lowest BCUT2D eigenvalue weighted by atomic mass is 10.1. The van der Waals surface area contributed by atoms with Crippen molar-refractivity contribution in [1.29, 1.82) is 0 Å². The predicted molar refractivity (Wildman–Crippen MR) is 138 cm³/mol. The number of aromatic nitrogens is 4. The van der Waals surface area contributed by atoms with Crippen molar-refractivity contribution < 1.29 is 18.7 Å². The van der Waals surface area contributed by atoms with E-state index < -0.39 is 0 Å². The first-order chi connectivity index (χ1) is 18.0. The predicted octanol–water partition coefficient (Wildman–Crippen LogP) is 4.15. The van der Waals surface area contributed by atoms with E-state index in [0.717, 1.165) is 18.4 Å². The van der Waals surface area contributed by atoms with Gasteiger partial charge in [-0.15, -0.1) is 0 Å². The molecular weight excluding hydrogens is 475 g/mol. The third kappa shape index (κ3) is 4.82. The highest BCUT2D eigenvalue weighted by Crippen LogP contribution is 2.38. The molecule has 0 saturated carbocycles. The van der Waals surface area contributed by atoms with E-state index in [2.05, 4.69) is 16.5 Å². The van der Waals surface area contributed by atoms with Gasteiger partial charge in [0.25, 0.3) is 0 Å². The highest BCUT2D eigenvalue weighted by molar-refractivity contribution is 5.98. The Hall–Kier alpha value is -4.47. The summed E-state index contributed by atoms with van der Waals surface area (Å²) in [5.41, 5.74) is 8.95. The Morgan fingerprint density at radius 3 is 2.89 bits per heavy atom. The van der Waals surface area contributed by atoms with Crippen LogP contribution in [0.3, 0.4) is 0 Å². The average Bonchev–Trinajstić information content (AvgIpc) is 3.32. The number of benzene rings is 2. The molecule has 0 aliphatic carbocycles. The number of nitrogens with two attached hydrogens (primary N) is 1. The molecule has 2 N–H and O–H groups in total. The summed E-state index contributed by atoms with van der Waals surface area (Å²) < 4.78 is 26.9.